The minimum Gasteiger partial charge on any atom is -0.490 e. The minimum atomic E-state index is -0.784. The number of aliphatic hydroxyl groups is 1. The van der Waals surface area contributed by atoms with Crippen LogP contribution in [0.25, 0.3) is 43.9 Å². The molecule has 12 heteroatoms. The van der Waals surface area contributed by atoms with Crippen molar-refractivity contribution < 1.29 is 28.2 Å². The van der Waals surface area contributed by atoms with Gasteiger partial charge in [0.1, 0.15) is 35.4 Å². The predicted octanol–water partition coefficient (Wildman–Crippen LogP) is 6.24. The number of fused-ring (bicyclic) bond motifs is 3. The normalized spacial score (nSPS) is 17.6. The molecule has 2 atom stereocenters. The van der Waals surface area contributed by atoms with Gasteiger partial charge in [0.05, 0.1) is 42.8 Å². The van der Waals surface area contributed by atoms with Crippen molar-refractivity contribution >= 4 is 27.3 Å². The number of nitrogens with zero attached hydrogens (tertiary/aromatic N) is 5. The van der Waals surface area contributed by atoms with E-state index in [0.717, 1.165) is 39.4 Å². The Bertz CT molecular complexity index is 2080. The lowest BCUT2D eigenvalue weighted by atomic mass is 9.91. The summed E-state index contributed by atoms with van der Waals surface area (Å²) in [7, 11) is 3.54. The van der Waals surface area contributed by atoms with Gasteiger partial charge in [0.2, 0.25) is 5.91 Å². The van der Waals surface area contributed by atoms with Crippen molar-refractivity contribution in [2.75, 3.05) is 40.5 Å². The summed E-state index contributed by atoms with van der Waals surface area (Å²) in [5.41, 5.74) is 6.18. The Morgan fingerprint density at radius 2 is 1.94 bits per heavy atom. The number of ether oxygens (including phenoxy) is 2. The van der Waals surface area contributed by atoms with Gasteiger partial charge in [-0.05, 0) is 61.2 Å². The Morgan fingerprint density at radius 3 is 2.71 bits per heavy atom. The lowest BCUT2D eigenvalue weighted by Gasteiger charge is -2.33. The highest BCUT2D eigenvalue weighted by Crippen LogP contribution is 2.47. The number of halogens is 2. The molecule has 0 bridgehead atoms. The zero-order chi connectivity index (χ0) is 34.4. The van der Waals surface area contributed by atoms with Gasteiger partial charge in [-0.25, -0.2) is 13.8 Å². The molecule has 0 saturated carbocycles. The van der Waals surface area contributed by atoms with E-state index in [1.54, 1.807) is 4.90 Å². The van der Waals surface area contributed by atoms with Crippen LogP contribution in [0.5, 0.6) is 5.75 Å². The third-order valence-electron chi connectivity index (χ3n) is 9.57. The SMILES string of the molecule is C=CC(=O)N1CCn2nc(-c3nc(-c4ccc5c(c4)CN(C)C(CO)C5)c4ccsc4c3-c3c(F)cc(F)cc3OCCOC)cc2C1C. The van der Waals surface area contributed by atoms with E-state index in [1.165, 1.54) is 36.2 Å². The second-order valence-electron chi connectivity index (χ2n) is 12.5. The fourth-order valence-electron chi connectivity index (χ4n) is 6.97. The van der Waals surface area contributed by atoms with Crippen LogP contribution in [0.2, 0.25) is 0 Å². The summed E-state index contributed by atoms with van der Waals surface area (Å²) in [4.78, 5) is 21.8. The number of likely N-dealkylation sites (N-methyl/N-ethyl adjacent to an activating group) is 1. The molecular formula is C37H37F2N5O4S. The molecule has 49 heavy (non-hydrogen) atoms. The van der Waals surface area contributed by atoms with Crippen molar-refractivity contribution in [1.29, 1.82) is 0 Å². The maximum atomic E-state index is 16.1. The standard InChI is InChI=1S/C37H37F2N5O4S/c1-5-32(46)43-9-10-44-30(21(43)2)18-29(41-44)36-34(33-28(39)16-25(38)17-31(33)48-12-11-47-4)37-27(8-13-49-37)35(40-36)23-7-6-22-15-26(20-45)42(3)19-24(22)14-23/h5-8,13-14,16-18,21,26,45H,1,9-12,15,19-20H2,2-4H3. The Labute approximate surface area is 287 Å². The zero-order valence-corrected chi connectivity index (χ0v) is 28.4. The van der Waals surface area contributed by atoms with E-state index < -0.39 is 11.6 Å². The van der Waals surface area contributed by atoms with Crippen LogP contribution in [-0.2, 0) is 29.0 Å². The highest BCUT2D eigenvalue weighted by atomic mass is 32.1. The van der Waals surface area contributed by atoms with Crippen molar-refractivity contribution in [1.82, 2.24) is 24.6 Å². The van der Waals surface area contributed by atoms with Crippen LogP contribution in [0, 0.1) is 11.6 Å². The second-order valence-corrected chi connectivity index (χ2v) is 13.4. The molecule has 0 saturated heterocycles. The van der Waals surface area contributed by atoms with E-state index in [4.69, 9.17) is 19.6 Å². The molecule has 5 aromatic rings. The van der Waals surface area contributed by atoms with Gasteiger partial charge in [0, 0.05) is 59.6 Å². The van der Waals surface area contributed by atoms with E-state index in [-0.39, 0.29) is 49.1 Å². The van der Waals surface area contributed by atoms with Crippen molar-refractivity contribution in [2.24, 2.45) is 0 Å². The van der Waals surface area contributed by atoms with Crippen LogP contribution in [0.4, 0.5) is 8.78 Å². The van der Waals surface area contributed by atoms with Gasteiger partial charge in [-0.3, -0.25) is 14.4 Å². The molecule has 2 unspecified atom stereocenters. The number of hydrogen-bond donors (Lipinski definition) is 1. The fraction of sp³-hybridized carbons (Fsp3) is 0.324. The number of aromatic nitrogens is 3. The number of rotatable bonds is 9. The number of amides is 1. The summed E-state index contributed by atoms with van der Waals surface area (Å²) in [6.45, 7) is 7.60. The summed E-state index contributed by atoms with van der Waals surface area (Å²) in [5, 5.41) is 17.6. The van der Waals surface area contributed by atoms with E-state index in [9.17, 15) is 14.3 Å². The molecule has 0 radical (unpaired) electrons. The van der Waals surface area contributed by atoms with Crippen molar-refractivity contribution in [2.45, 2.75) is 38.5 Å². The molecule has 0 fully saturated rings. The Hall–Kier alpha value is -4.49. The maximum absolute atomic E-state index is 16.1. The first-order valence-electron chi connectivity index (χ1n) is 16.2. The summed E-state index contributed by atoms with van der Waals surface area (Å²) >= 11 is 1.44. The predicted molar refractivity (Wildman–Crippen MR) is 185 cm³/mol. The van der Waals surface area contributed by atoms with E-state index in [1.807, 2.05) is 42.2 Å². The van der Waals surface area contributed by atoms with Crippen molar-refractivity contribution in [3.63, 3.8) is 0 Å². The molecular weight excluding hydrogens is 649 g/mol. The van der Waals surface area contributed by atoms with Crippen LogP contribution in [0.3, 0.4) is 0 Å². The fourth-order valence-corrected chi connectivity index (χ4v) is 7.92. The first kappa shape index (κ1) is 33.0. The molecule has 5 heterocycles. The van der Waals surface area contributed by atoms with Gasteiger partial charge in [-0.1, -0.05) is 18.7 Å². The Morgan fingerprint density at radius 1 is 1.10 bits per heavy atom. The maximum Gasteiger partial charge on any atom is 0.246 e. The molecule has 9 nitrogen and oxygen atoms in total. The van der Waals surface area contributed by atoms with E-state index in [0.29, 0.717) is 42.3 Å². The molecule has 3 aromatic heterocycles. The van der Waals surface area contributed by atoms with Crippen LogP contribution < -0.4 is 4.74 Å². The number of methoxy groups -OCH3 is 1. The highest BCUT2D eigenvalue weighted by molar-refractivity contribution is 7.18. The second kappa shape index (κ2) is 13.4. The van der Waals surface area contributed by atoms with Gasteiger partial charge in [-0.2, -0.15) is 5.10 Å². The molecule has 2 aliphatic rings. The lowest BCUT2D eigenvalue weighted by Crippen LogP contribution is -2.40. The Kier molecular flexibility index (Phi) is 9.05. The van der Waals surface area contributed by atoms with Crippen LogP contribution in [0.15, 0.2) is 60.5 Å². The number of benzene rings is 2. The Balaban J connectivity index is 1.46. The molecule has 254 valence electrons. The average molecular weight is 686 g/mol. The number of aliphatic hydroxyl groups excluding tert-OH is 1. The van der Waals surface area contributed by atoms with Crippen LogP contribution >= 0.6 is 11.3 Å². The van der Waals surface area contributed by atoms with Crippen molar-refractivity contribution in [3.05, 3.63) is 89.0 Å². The average Bonchev–Trinajstić information content (AvgIpc) is 3.76. The first-order valence-corrected chi connectivity index (χ1v) is 17.1. The zero-order valence-electron chi connectivity index (χ0n) is 27.6. The first-order chi connectivity index (χ1) is 23.7. The third-order valence-corrected chi connectivity index (χ3v) is 10.5. The summed E-state index contributed by atoms with van der Waals surface area (Å²) in [6, 6.07) is 11.9. The molecule has 7 rings (SSSR count). The van der Waals surface area contributed by atoms with Gasteiger partial charge in [0.15, 0.2) is 0 Å². The number of pyridine rings is 1. The summed E-state index contributed by atoms with van der Waals surface area (Å²) < 4.78 is 44.5. The molecule has 0 spiro atoms. The smallest absolute Gasteiger partial charge is 0.246 e. The van der Waals surface area contributed by atoms with Gasteiger partial charge in [-0.15, -0.1) is 11.3 Å². The number of thiophene rings is 1. The third kappa shape index (κ3) is 5.92. The quantitative estimate of drug-likeness (QED) is 0.145. The monoisotopic (exact) mass is 685 g/mol. The minimum absolute atomic E-state index is 0.0374. The summed E-state index contributed by atoms with van der Waals surface area (Å²) in [6.07, 6.45) is 2.05. The molecule has 2 aromatic carbocycles. The van der Waals surface area contributed by atoms with Gasteiger partial charge < -0.3 is 19.5 Å². The number of carbonyl (C=O) groups is 1. The topological polar surface area (TPSA) is 93.0 Å². The van der Waals surface area contributed by atoms with E-state index in [2.05, 4.69) is 23.6 Å². The highest BCUT2D eigenvalue weighted by Gasteiger charge is 2.32. The van der Waals surface area contributed by atoms with E-state index >= 15 is 4.39 Å². The largest absolute Gasteiger partial charge is 0.490 e. The lowest BCUT2D eigenvalue weighted by molar-refractivity contribution is -0.129. The van der Waals surface area contributed by atoms with Crippen LogP contribution in [0.1, 0.15) is 29.8 Å². The number of carbonyl (C=O) groups excluding carboxylic acids is 1. The van der Waals surface area contributed by atoms with Crippen LogP contribution in [-0.4, -0.2) is 82.1 Å². The number of hydrogen-bond acceptors (Lipinski definition) is 8. The molecule has 1 amide bonds. The molecule has 1 N–H and O–H groups in total. The van der Waals surface area contributed by atoms with Gasteiger partial charge >= 0.3 is 0 Å². The van der Waals surface area contributed by atoms with Crippen molar-refractivity contribution in [3.8, 4) is 39.5 Å². The van der Waals surface area contributed by atoms with Gasteiger partial charge in [0.25, 0.3) is 0 Å². The molecule has 2 aliphatic heterocycles. The molecule has 0 aliphatic carbocycles. The summed E-state index contributed by atoms with van der Waals surface area (Å²) in [5.74, 6) is -1.68.